The molecule has 1 amide bonds. The number of halogens is 1. The number of carbonyl (C=O) groups excluding carboxylic acids is 1. The molecule has 0 unspecified atom stereocenters. The van der Waals surface area contributed by atoms with Crippen molar-refractivity contribution < 1.29 is 4.79 Å². The van der Waals surface area contributed by atoms with Gasteiger partial charge in [-0.3, -0.25) is 9.78 Å². The molecular formula is C23H21ClN4O. The van der Waals surface area contributed by atoms with Crippen molar-refractivity contribution in [3.05, 3.63) is 88.2 Å². The second-order valence-corrected chi connectivity index (χ2v) is 7.48. The molecule has 2 heterocycles. The van der Waals surface area contributed by atoms with Crippen molar-refractivity contribution in [1.29, 1.82) is 0 Å². The number of pyridine rings is 1. The van der Waals surface area contributed by atoms with Crippen molar-refractivity contribution in [2.45, 2.75) is 26.8 Å². The van der Waals surface area contributed by atoms with Crippen LogP contribution >= 0.6 is 11.6 Å². The quantitative estimate of drug-likeness (QED) is 0.513. The molecule has 0 saturated heterocycles. The highest BCUT2D eigenvalue weighted by Gasteiger charge is 2.14. The Bertz CT molecular complexity index is 1180. The number of para-hydroxylation sites is 1. The molecule has 146 valence electrons. The van der Waals surface area contributed by atoms with Crippen LogP contribution in [0, 0.1) is 13.8 Å². The van der Waals surface area contributed by atoms with Crippen LogP contribution in [0.3, 0.4) is 0 Å². The van der Waals surface area contributed by atoms with Gasteiger partial charge in [0.05, 0.1) is 24.7 Å². The van der Waals surface area contributed by atoms with Gasteiger partial charge in [0, 0.05) is 22.2 Å². The molecule has 5 nitrogen and oxygen atoms in total. The summed E-state index contributed by atoms with van der Waals surface area (Å²) >= 11 is 5.95. The van der Waals surface area contributed by atoms with Crippen molar-refractivity contribution in [2.75, 3.05) is 5.32 Å². The lowest BCUT2D eigenvalue weighted by Gasteiger charge is -2.13. The van der Waals surface area contributed by atoms with E-state index in [9.17, 15) is 4.79 Å². The van der Waals surface area contributed by atoms with Crippen LogP contribution in [0.15, 0.2) is 60.8 Å². The number of aromatic nitrogens is 3. The van der Waals surface area contributed by atoms with Crippen LogP contribution in [0.4, 0.5) is 5.82 Å². The van der Waals surface area contributed by atoms with Gasteiger partial charge in [-0.05, 0) is 48.7 Å². The number of rotatable bonds is 5. The molecular weight excluding hydrogens is 384 g/mol. The van der Waals surface area contributed by atoms with Crippen molar-refractivity contribution in [2.24, 2.45) is 0 Å². The van der Waals surface area contributed by atoms with E-state index in [1.807, 2.05) is 62.4 Å². The van der Waals surface area contributed by atoms with E-state index in [1.54, 1.807) is 16.9 Å². The number of hydrogen-bond acceptors (Lipinski definition) is 3. The first kappa shape index (κ1) is 19.2. The van der Waals surface area contributed by atoms with Gasteiger partial charge in [-0.1, -0.05) is 41.9 Å². The fourth-order valence-corrected chi connectivity index (χ4v) is 3.63. The predicted molar refractivity (Wildman–Crippen MR) is 116 cm³/mol. The van der Waals surface area contributed by atoms with Crippen LogP contribution < -0.4 is 5.32 Å². The molecule has 0 fully saturated rings. The smallest absolute Gasteiger partial charge is 0.230 e. The maximum Gasteiger partial charge on any atom is 0.230 e. The zero-order valence-electron chi connectivity index (χ0n) is 16.3. The van der Waals surface area contributed by atoms with Gasteiger partial charge in [0.1, 0.15) is 5.82 Å². The van der Waals surface area contributed by atoms with Crippen LogP contribution in [0.2, 0.25) is 5.02 Å². The Morgan fingerprint density at radius 1 is 1.07 bits per heavy atom. The number of fused-ring (bicyclic) bond motifs is 1. The lowest BCUT2D eigenvalue weighted by atomic mass is 9.99. The zero-order valence-corrected chi connectivity index (χ0v) is 17.1. The summed E-state index contributed by atoms with van der Waals surface area (Å²) in [6.45, 7) is 4.55. The Labute approximate surface area is 174 Å². The van der Waals surface area contributed by atoms with E-state index in [1.165, 1.54) is 0 Å². The van der Waals surface area contributed by atoms with E-state index in [2.05, 4.69) is 15.4 Å². The van der Waals surface area contributed by atoms with Crippen molar-refractivity contribution in [3.8, 4) is 0 Å². The molecule has 6 heteroatoms. The molecule has 0 saturated carbocycles. The van der Waals surface area contributed by atoms with Gasteiger partial charge < -0.3 is 5.32 Å². The number of carbonyl (C=O) groups is 1. The normalized spacial score (nSPS) is 11.0. The van der Waals surface area contributed by atoms with E-state index >= 15 is 0 Å². The van der Waals surface area contributed by atoms with E-state index in [4.69, 9.17) is 11.6 Å². The van der Waals surface area contributed by atoms with E-state index < -0.39 is 0 Å². The first-order valence-electron chi connectivity index (χ1n) is 9.42. The summed E-state index contributed by atoms with van der Waals surface area (Å²) in [4.78, 5) is 17.4. The van der Waals surface area contributed by atoms with Crippen LogP contribution in [0.5, 0.6) is 0 Å². The maximum absolute atomic E-state index is 12.8. The van der Waals surface area contributed by atoms with Crippen molar-refractivity contribution in [3.63, 3.8) is 0 Å². The molecule has 0 aliphatic rings. The summed E-state index contributed by atoms with van der Waals surface area (Å²) in [6, 6.07) is 17.4. The van der Waals surface area contributed by atoms with Gasteiger partial charge in [0.15, 0.2) is 0 Å². The van der Waals surface area contributed by atoms with Gasteiger partial charge in [0.25, 0.3) is 0 Å². The molecule has 4 rings (SSSR count). The number of amides is 1. The molecule has 2 aromatic carbocycles. The molecule has 29 heavy (non-hydrogen) atoms. The summed E-state index contributed by atoms with van der Waals surface area (Å²) in [5.41, 5.74) is 4.95. The Kier molecular flexibility index (Phi) is 5.32. The number of hydrogen-bond donors (Lipinski definition) is 1. The fraction of sp³-hybridized carbons (Fsp3) is 0.174. The number of benzene rings is 2. The second-order valence-electron chi connectivity index (χ2n) is 7.04. The SMILES string of the molecule is Cc1nc2ccccc2c(C)c1CC(=O)Nc1ccnn1Cc1ccc(Cl)cc1. The van der Waals surface area contributed by atoms with E-state index in [0.29, 0.717) is 17.4 Å². The average Bonchev–Trinajstić information content (AvgIpc) is 3.13. The third-order valence-corrected chi connectivity index (χ3v) is 5.30. The molecule has 0 bridgehead atoms. The Hall–Kier alpha value is -3.18. The van der Waals surface area contributed by atoms with Crippen LogP contribution in [-0.2, 0) is 17.8 Å². The maximum atomic E-state index is 12.8. The highest BCUT2D eigenvalue weighted by atomic mass is 35.5. The van der Waals surface area contributed by atoms with E-state index in [0.717, 1.165) is 33.3 Å². The number of nitrogens with one attached hydrogen (secondary N) is 1. The summed E-state index contributed by atoms with van der Waals surface area (Å²) < 4.78 is 1.76. The lowest BCUT2D eigenvalue weighted by molar-refractivity contribution is -0.115. The second kappa shape index (κ2) is 8.05. The summed E-state index contributed by atoms with van der Waals surface area (Å²) in [5.74, 6) is 0.570. The van der Waals surface area contributed by atoms with Gasteiger partial charge in [0.2, 0.25) is 5.91 Å². The van der Waals surface area contributed by atoms with Crippen LogP contribution in [0.1, 0.15) is 22.4 Å². The minimum Gasteiger partial charge on any atom is -0.311 e. The molecule has 0 spiro atoms. The molecule has 4 aromatic rings. The van der Waals surface area contributed by atoms with Gasteiger partial charge in [-0.2, -0.15) is 5.10 Å². The minimum absolute atomic E-state index is 0.0915. The number of nitrogens with zero attached hydrogens (tertiary/aromatic N) is 3. The third-order valence-electron chi connectivity index (χ3n) is 5.05. The van der Waals surface area contributed by atoms with Gasteiger partial charge in [-0.25, -0.2) is 4.68 Å². The van der Waals surface area contributed by atoms with Gasteiger partial charge >= 0.3 is 0 Å². The Balaban J connectivity index is 1.52. The topological polar surface area (TPSA) is 59.8 Å². The highest BCUT2D eigenvalue weighted by Crippen LogP contribution is 2.23. The highest BCUT2D eigenvalue weighted by molar-refractivity contribution is 6.30. The summed E-state index contributed by atoms with van der Waals surface area (Å²) in [5, 5.41) is 9.08. The molecule has 0 aliphatic carbocycles. The molecule has 0 atom stereocenters. The first-order valence-corrected chi connectivity index (χ1v) is 9.80. The standard InChI is InChI=1S/C23H21ClN4O/c1-15-19-5-3-4-6-21(19)26-16(2)20(15)13-23(29)27-22-11-12-25-28(22)14-17-7-9-18(24)10-8-17/h3-12H,13-14H2,1-2H3,(H,27,29). The lowest BCUT2D eigenvalue weighted by Crippen LogP contribution is -2.19. The van der Waals surface area contributed by atoms with Gasteiger partial charge in [-0.15, -0.1) is 0 Å². The summed E-state index contributed by atoms with van der Waals surface area (Å²) in [6.07, 6.45) is 1.95. The molecule has 0 radical (unpaired) electrons. The van der Waals surface area contributed by atoms with E-state index in [-0.39, 0.29) is 12.3 Å². The Morgan fingerprint density at radius 2 is 1.83 bits per heavy atom. The monoisotopic (exact) mass is 404 g/mol. The zero-order chi connectivity index (χ0) is 20.4. The number of aryl methyl sites for hydroxylation is 2. The predicted octanol–water partition coefficient (Wildman–Crippen LogP) is 4.93. The number of anilines is 1. The average molecular weight is 405 g/mol. The van der Waals surface area contributed by atoms with Crippen molar-refractivity contribution in [1.82, 2.24) is 14.8 Å². The molecule has 0 aliphatic heterocycles. The van der Waals surface area contributed by atoms with Crippen LogP contribution in [-0.4, -0.2) is 20.7 Å². The minimum atomic E-state index is -0.0915. The van der Waals surface area contributed by atoms with Crippen molar-refractivity contribution >= 4 is 34.2 Å². The summed E-state index contributed by atoms with van der Waals surface area (Å²) in [7, 11) is 0. The van der Waals surface area contributed by atoms with Crippen LogP contribution in [0.25, 0.3) is 10.9 Å². The molecule has 2 aromatic heterocycles. The largest absolute Gasteiger partial charge is 0.311 e. The first-order chi connectivity index (χ1) is 14.0. The fourth-order valence-electron chi connectivity index (χ4n) is 3.51. The molecule has 1 N–H and O–H groups in total. The Morgan fingerprint density at radius 3 is 2.62 bits per heavy atom. The third kappa shape index (κ3) is 4.15.